The maximum atomic E-state index is 9.40. The van der Waals surface area contributed by atoms with Gasteiger partial charge in [-0.15, -0.1) is 0 Å². The van der Waals surface area contributed by atoms with Crippen molar-refractivity contribution in [3.63, 3.8) is 0 Å². The van der Waals surface area contributed by atoms with Crippen molar-refractivity contribution in [1.29, 1.82) is 0 Å². The van der Waals surface area contributed by atoms with E-state index in [1.54, 1.807) is 0 Å². The van der Waals surface area contributed by atoms with E-state index in [0.29, 0.717) is 0 Å². The average molecular weight is 208 g/mol. The van der Waals surface area contributed by atoms with Gasteiger partial charge in [0.1, 0.15) is 18.3 Å². The van der Waals surface area contributed by atoms with Gasteiger partial charge in [0, 0.05) is 0 Å². The molecule has 1 heterocycles. The second-order valence-electron chi connectivity index (χ2n) is 3.01. The molecule has 7 nitrogen and oxygen atoms in total. The average Bonchev–Trinajstić information content (AvgIpc) is 2.57. The lowest BCUT2D eigenvalue weighted by Gasteiger charge is -2.24. The molecular weight excluding hydrogens is 195 g/mol. The fourth-order valence-electron chi connectivity index (χ4n) is 1.26. The molecule has 8 heteroatoms. The van der Waals surface area contributed by atoms with Crippen molar-refractivity contribution in [3.05, 3.63) is 0 Å². The number of hydrogen-bond acceptors (Lipinski definition) is 7. The molecule has 0 aromatic rings. The first-order chi connectivity index (χ1) is 6.60. The molecule has 0 radical (unpaired) electrons. The fraction of sp³-hybridized carbons (Fsp3) is 1.00. The van der Waals surface area contributed by atoms with Gasteiger partial charge in [0.2, 0.25) is 0 Å². The Morgan fingerprint density at radius 1 is 1.21 bits per heavy atom. The first-order valence-corrected chi connectivity index (χ1v) is 4.17. The quantitative estimate of drug-likeness (QED) is 0.303. The minimum absolute atomic E-state index is 0.461. The van der Waals surface area contributed by atoms with E-state index in [4.69, 9.17) is 25.0 Å². The highest BCUT2D eigenvalue weighted by atomic mass is 16.7. The van der Waals surface area contributed by atoms with Gasteiger partial charge < -0.3 is 34.8 Å². The third-order valence-electron chi connectivity index (χ3n) is 2.03. The van der Waals surface area contributed by atoms with Gasteiger partial charge >= 0.3 is 7.32 Å². The maximum absolute atomic E-state index is 9.40. The van der Waals surface area contributed by atoms with Crippen LogP contribution >= 0.6 is 0 Å². The highest BCUT2D eigenvalue weighted by Crippen LogP contribution is 2.19. The zero-order valence-corrected chi connectivity index (χ0v) is 7.35. The molecule has 4 unspecified atom stereocenters. The third kappa shape index (κ3) is 2.42. The molecular formula is C6H13BO7. The van der Waals surface area contributed by atoms with Crippen LogP contribution in [0.25, 0.3) is 0 Å². The van der Waals surface area contributed by atoms with Gasteiger partial charge in [-0.25, -0.2) is 0 Å². The lowest BCUT2D eigenvalue weighted by Crippen LogP contribution is -2.45. The summed E-state index contributed by atoms with van der Waals surface area (Å²) in [7, 11) is -1.53. The lowest BCUT2D eigenvalue weighted by atomic mass is 10.0. The molecule has 1 aliphatic rings. The Bertz CT molecular complexity index is 180. The Balaban J connectivity index is 2.57. The summed E-state index contributed by atoms with van der Waals surface area (Å²) in [5.41, 5.74) is 0. The van der Waals surface area contributed by atoms with Gasteiger partial charge in [-0.2, -0.15) is 0 Å². The van der Waals surface area contributed by atoms with E-state index >= 15 is 0 Å². The fourth-order valence-corrected chi connectivity index (χ4v) is 1.26. The van der Waals surface area contributed by atoms with Crippen LogP contribution in [-0.2, 0) is 9.31 Å². The van der Waals surface area contributed by atoms with Crippen molar-refractivity contribution in [1.82, 2.24) is 0 Å². The molecule has 4 atom stereocenters. The third-order valence-corrected chi connectivity index (χ3v) is 2.03. The molecule has 0 bridgehead atoms. The Morgan fingerprint density at radius 2 is 1.86 bits per heavy atom. The van der Waals surface area contributed by atoms with Gasteiger partial charge in [-0.3, -0.25) is 0 Å². The molecule has 1 rings (SSSR count). The number of rotatable bonds is 4. The maximum Gasteiger partial charge on any atom is 0.637 e. The highest BCUT2D eigenvalue weighted by Gasteiger charge is 2.44. The number of aliphatic hydroxyl groups is 4. The SMILES string of the molecule is OCC(O)C(O)C1OB(O)OC1CO. The van der Waals surface area contributed by atoms with Crippen molar-refractivity contribution < 1.29 is 34.8 Å². The van der Waals surface area contributed by atoms with Crippen LogP contribution in [0.2, 0.25) is 0 Å². The molecule has 1 aliphatic heterocycles. The topological polar surface area (TPSA) is 120 Å². The van der Waals surface area contributed by atoms with E-state index in [1.807, 2.05) is 0 Å². The second-order valence-corrected chi connectivity index (χ2v) is 3.01. The summed E-state index contributed by atoms with van der Waals surface area (Å²) in [5.74, 6) is 0. The summed E-state index contributed by atoms with van der Waals surface area (Å²) >= 11 is 0. The van der Waals surface area contributed by atoms with E-state index in [9.17, 15) is 5.11 Å². The summed E-state index contributed by atoms with van der Waals surface area (Å²) in [6.07, 6.45) is -4.80. The van der Waals surface area contributed by atoms with Crippen LogP contribution in [0.1, 0.15) is 0 Å². The van der Waals surface area contributed by atoms with Crippen molar-refractivity contribution in [2.75, 3.05) is 13.2 Å². The van der Waals surface area contributed by atoms with Crippen LogP contribution in [-0.4, -0.2) is 70.4 Å². The first-order valence-electron chi connectivity index (χ1n) is 4.17. The molecule has 0 saturated carbocycles. The summed E-state index contributed by atoms with van der Waals surface area (Å²) in [4.78, 5) is 0. The van der Waals surface area contributed by atoms with E-state index in [1.165, 1.54) is 0 Å². The molecule has 0 aliphatic carbocycles. The summed E-state index contributed by atoms with van der Waals surface area (Å²) in [6, 6.07) is 0. The molecule has 0 spiro atoms. The van der Waals surface area contributed by atoms with Crippen LogP contribution in [0.5, 0.6) is 0 Å². The Labute approximate surface area is 80.7 Å². The summed E-state index contributed by atoms with van der Waals surface area (Å²) in [5, 5.41) is 44.7. The molecule has 14 heavy (non-hydrogen) atoms. The molecule has 5 N–H and O–H groups in total. The van der Waals surface area contributed by atoms with Crippen molar-refractivity contribution in [2.45, 2.75) is 24.4 Å². The Morgan fingerprint density at radius 3 is 2.36 bits per heavy atom. The number of aliphatic hydroxyl groups excluding tert-OH is 4. The van der Waals surface area contributed by atoms with Gasteiger partial charge in [0.15, 0.2) is 0 Å². The van der Waals surface area contributed by atoms with Crippen molar-refractivity contribution >= 4 is 7.32 Å². The zero-order chi connectivity index (χ0) is 10.7. The summed E-state index contributed by atoms with van der Waals surface area (Å²) in [6.45, 7) is -1.10. The van der Waals surface area contributed by atoms with E-state index in [2.05, 4.69) is 4.65 Å². The van der Waals surface area contributed by atoms with Crippen molar-refractivity contribution in [3.8, 4) is 0 Å². The lowest BCUT2D eigenvalue weighted by molar-refractivity contribution is -0.0815. The molecule has 1 fully saturated rings. The molecule has 1 saturated heterocycles. The highest BCUT2D eigenvalue weighted by molar-refractivity contribution is 6.35. The van der Waals surface area contributed by atoms with E-state index < -0.39 is 45.0 Å². The van der Waals surface area contributed by atoms with E-state index in [0.717, 1.165) is 0 Å². The predicted molar refractivity (Wildman–Crippen MR) is 43.9 cm³/mol. The first kappa shape index (κ1) is 11.9. The van der Waals surface area contributed by atoms with E-state index in [-0.39, 0.29) is 0 Å². The molecule has 0 aromatic heterocycles. The standard InChI is InChI=1S/C6H13BO7/c8-1-3(10)5(11)6-4(2-9)13-7(12)14-6/h3-6,8-12H,1-2H2. The Hall–Kier alpha value is -0.215. The van der Waals surface area contributed by atoms with Gasteiger partial charge in [0.25, 0.3) is 0 Å². The predicted octanol–water partition coefficient (Wildman–Crippen LogP) is -3.55. The van der Waals surface area contributed by atoms with Crippen LogP contribution < -0.4 is 0 Å². The van der Waals surface area contributed by atoms with Crippen LogP contribution in [0.3, 0.4) is 0 Å². The second kappa shape index (κ2) is 5.03. The molecule has 82 valence electrons. The van der Waals surface area contributed by atoms with Crippen molar-refractivity contribution in [2.24, 2.45) is 0 Å². The smallest absolute Gasteiger partial charge is 0.402 e. The van der Waals surface area contributed by atoms with Crippen LogP contribution in [0.4, 0.5) is 0 Å². The van der Waals surface area contributed by atoms with Crippen LogP contribution in [0.15, 0.2) is 0 Å². The van der Waals surface area contributed by atoms with Gasteiger partial charge in [0.05, 0.1) is 19.3 Å². The minimum atomic E-state index is -1.53. The Kier molecular flexibility index (Phi) is 4.26. The molecule has 0 aromatic carbocycles. The normalized spacial score (nSPS) is 31.9. The van der Waals surface area contributed by atoms with Gasteiger partial charge in [-0.1, -0.05) is 0 Å². The number of hydrogen-bond donors (Lipinski definition) is 5. The zero-order valence-electron chi connectivity index (χ0n) is 7.35. The van der Waals surface area contributed by atoms with Crippen LogP contribution in [0, 0.1) is 0 Å². The van der Waals surface area contributed by atoms with Gasteiger partial charge in [-0.05, 0) is 0 Å². The minimum Gasteiger partial charge on any atom is -0.402 e. The monoisotopic (exact) mass is 208 g/mol. The largest absolute Gasteiger partial charge is 0.637 e. The molecule has 0 amide bonds. The summed E-state index contributed by atoms with van der Waals surface area (Å²) < 4.78 is 9.37.